The minimum absolute atomic E-state index is 0.432. The molecule has 0 amide bonds. The Labute approximate surface area is 89.7 Å². The van der Waals surface area contributed by atoms with E-state index in [4.69, 9.17) is 5.26 Å². The summed E-state index contributed by atoms with van der Waals surface area (Å²) >= 11 is 0. The molecule has 1 aromatic rings. The van der Waals surface area contributed by atoms with Crippen LogP contribution >= 0.6 is 0 Å². The summed E-state index contributed by atoms with van der Waals surface area (Å²) in [4.78, 5) is 3.98. The third-order valence-corrected chi connectivity index (χ3v) is 1.48. The number of benzene rings is 1. The molecule has 0 aromatic heterocycles. The van der Waals surface area contributed by atoms with Gasteiger partial charge in [0.2, 0.25) is 6.61 Å². The SMILES string of the molecule is N#Cc1ccc(/[C]=N\OCC(F)(F)F)cc1. The lowest BCUT2D eigenvalue weighted by atomic mass is 10.2. The van der Waals surface area contributed by atoms with Crippen LogP contribution in [0.25, 0.3) is 0 Å². The number of hydrogen-bond acceptors (Lipinski definition) is 3. The highest BCUT2D eigenvalue weighted by molar-refractivity contribution is 5.79. The van der Waals surface area contributed by atoms with Crippen LogP contribution in [-0.2, 0) is 4.84 Å². The third-order valence-electron chi connectivity index (χ3n) is 1.48. The minimum Gasteiger partial charge on any atom is -0.386 e. The molecule has 0 fully saturated rings. The number of halogens is 3. The summed E-state index contributed by atoms with van der Waals surface area (Å²) in [6.45, 7) is -1.45. The molecule has 0 heterocycles. The van der Waals surface area contributed by atoms with Crippen molar-refractivity contribution < 1.29 is 18.0 Å². The predicted molar refractivity (Wildman–Crippen MR) is 49.7 cm³/mol. The number of nitrogens with zero attached hydrogens (tertiary/aromatic N) is 2. The molecule has 0 aliphatic carbocycles. The van der Waals surface area contributed by atoms with Gasteiger partial charge in [0.15, 0.2) is 0 Å². The molecule has 0 aliphatic heterocycles. The third kappa shape index (κ3) is 4.46. The fourth-order valence-corrected chi connectivity index (χ4v) is 0.810. The Morgan fingerprint density at radius 1 is 1.19 bits per heavy atom. The van der Waals surface area contributed by atoms with Crippen molar-refractivity contribution in [1.82, 2.24) is 0 Å². The zero-order chi connectivity index (χ0) is 12.0. The van der Waals surface area contributed by atoms with Crippen molar-refractivity contribution in [2.75, 3.05) is 6.61 Å². The van der Waals surface area contributed by atoms with Gasteiger partial charge in [-0.15, -0.1) is 0 Å². The van der Waals surface area contributed by atoms with Crippen LogP contribution in [0.2, 0.25) is 0 Å². The Kier molecular flexibility index (Phi) is 3.89. The van der Waals surface area contributed by atoms with Gasteiger partial charge >= 0.3 is 6.18 Å². The molecule has 0 spiro atoms. The second kappa shape index (κ2) is 5.16. The summed E-state index contributed by atoms with van der Waals surface area (Å²) in [5.41, 5.74) is 0.878. The maximum atomic E-state index is 11.6. The van der Waals surface area contributed by atoms with Gasteiger partial charge in [-0.05, 0) is 12.1 Å². The second-order valence-corrected chi connectivity index (χ2v) is 2.78. The maximum Gasteiger partial charge on any atom is 0.425 e. The van der Waals surface area contributed by atoms with E-state index in [1.165, 1.54) is 24.3 Å². The normalized spacial score (nSPS) is 11.4. The highest BCUT2D eigenvalue weighted by Crippen LogP contribution is 2.14. The number of alkyl halides is 3. The Morgan fingerprint density at radius 2 is 1.75 bits per heavy atom. The molecule has 6 heteroatoms. The quantitative estimate of drug-likeness (QED) is 0.587. The van der Waals surface area contributed by atoms with Crippen molar-refractivity contribution in [1.29, 1.82) is 5.26 Å². The zero-order valence-electron chi connectivity index (χ0n) is 7.95. The van der Waals surface area contributed by atoms with Crippen molar-refractivity contribution in [2.45, 2.75) is 6.18 Å². The predicted octanol–water partition coefficient (Wildman–Crippen LogP) is 2.35. The average Bonchev–Trinajstić information content (AvgIpc) is 2.24. The standard InChI is InChI=1S/C10H6F3N2O/c11-10(12,13)7-16-15-6-9-3-1-8(5-14)2-4-9/h1-4H,7H2. The lowest BCUT2D eigenvalue weighted by Gasteiger charge is -2.02. The van der Waals surface area contributed by atoms with Gasteiger partial charge in [0.25, 0.3) is 0 Å². The molecule has 1 aromatic carbocycles. The number of nitriles is 1. The van der Waals surface area contributed by atoms with Crippen molar-refractivity contribution in [3.63, 3.8) is 0 Å². The summed E-state index contributed by atoms with van der Waals surface area (Å²) in [7, 11) is 0. The smallest absolute Gasteiger partial charge is 0.386 e. The molecule has 16 heavy (non-hydrogen) atoms. The van der Waals surface area contributed by atoms with Gasteiger partial charge in [-0.25, -0.2) is 0 Å². The van der Waals surface area contributed by atoms with Crippen LogP contribution in [-0.4, -0.2) is 19.0 Å². The molecule has 83 valence electrons. The first-order valence-corrected chi connectivity index (χ1v) is 4.16. The van der Waals surface area contributed by atoms with Crippen LogP contribution in [0.15, 0.2) is 29.4 Å². The highest BCUT2D eigenvalue weighted by Gasteiger charge is 2.28. The molecule has 0 N–H and O–H groups in total. The summed E-state index contributed by atoms with van der Waals surface area (Å²) in [5, 5.41) is 11.5. The van der Waals surface area contributed by atoms with E-state index >= 15 is 0 Å². The van der Waals surface area contributed by atoms with Gasteiger partial charge in [-0.1, -0.05) is 17.3 Å². The van der Waals surface area contributed by atoms with Crippen LogP contribution in [0.3, 0.4) is 0 Å². The summed E-state index contributed by atoms with van der Waals surface area (Å²) in [5.74, 6) is 0. The number of hydrogen-bond donors (Lipinski definition) is 0. The Balaban J connectivity index is 2.48. The van der Waals surface area contributed by atoms with E-state index in [1.54, 1.807) is 0 Å². The first kappa shape index (κ1) is 12.0. The molecule has 0 atom stereocenters. The van der Waals surface area contributed by atoms with E-state index in [0.717, 1.165) is 0 Å². The largest absolute Gasteiger partial charge is 0.425 e. The molecule has 0 bridgehead atoms. The molecule has 1 radical (unpaired) electrons. The molecule has 1 rings (SSSR count). The van der Waals surface area contributed by atoms with Gasteiger partial charge in [-0.2, -0.15) is 18.4 Å². The maximum absolute atomic E-state index is 11.6. The van der Waals surface area contributed by atoms with Gasteiger partial charge in [0.1, 0.15) is 6.21 Å². The topological polar surface area (TPSA) is 45.4 Å². The molecule has 0 saturated heterocycles. The first-order valence-electron chi connectivity index (χ1n) is 4.16. The van der Waals surface area contributed by atoms with Crippen molar-refractivity contribution in [3.8, 4) is 6.07 Å². The zero-order valence-corrected chi connectivity index (χ0v) is 7.95. The summed E-state index contributed by atoms with van der Waals surface area (Å²) in [6, 6.07) is 7.90. The molecular formula is C10H6F3N2O. The average molecular weight is 227 g/mol. The van der Waals surface area contributed by atoms with Gasteiger partial charge in [0, 0.05) is 5.56 Å². The fraction of sp³-hybridized carbons (Fsp3) is 0.200. The lowest BCUT2D eigenvalue weighted by Crippen LogP contribution is -2.14. The van der Waals surface area contributed by atoms with E-state index in [1.807, 2.05) is 6.07 Å². The first-order chi connectivity index (χ1) is 7.51. The van der Waals surface area contributed by atoms with Crippen molar-refractivity contribution in [3.05, 3.63) is 35.4 Å². The molecule has 0 aliphatic rings. The number of rotatable bonds is 3. The Morgan fingerprint density at radius 3 is 2.25 bits per heavy atom. The Bertz CT molecular complexity index is 404. The fourth-order valence-electron chi connectivity index (χ4n) is 0.810. The molecule has 0 saturated carbocycles. The van der Waals surface area contributed by atoms with Gasteiger partial charge in [0.05, 0.1) is 11.6 Å². The van der Waals surface area contributed by atoms with Crippen LogP contribution in [0, 0.1) is 11.3 Å². The monoisotopic (exact) mass is 227 g/mol. The lowest BCUT2D eigenvalue weighted by molar-refractivity contribution is -0.173. The minimum atomic E-state index is -4.41. The highest BCUT2D eigenvalue weighted by atomic mass is 19.4. The van der Waals surface area contributed by atoms with Gasteiger partial charge < -0.3 is 4.84 Å². The van der Waals surface area contributed by atoms with Crippen LogP contribution in [0.4, 0.5) is 13.2 Å². The van der Waals surface area contributed by atoms with Crippen molar-refractivity contribution >= 4 is 6.21 Å². The second-order valence-electron chi connectivity index (χ2n) is 2.78. The van der Waals surface area contributed by atoms with E-state index in [9.17, 15) is 13.2 Å². The van der Waals surface area contributed by atoms with E-state index < -0.39 is 12.8 Å². The van der Waals surface area contributed by atoms with Gasteiger partial charge in [-0.3, -0.25) is 0 Å². The Hall–Kier alpha value is -2.03. The van der Waals surface area contributed by atoms with E-state index in [2.05, 4.69) is 16.2 Å². The summed E-state index contributed by atoms with van der Waals surface area (Å²) in [6.07, 6.45) is -2.14. The van der Waals surface area contributed by atoms with Crippen LogP contribution in [0.5, 0.6) is 0 Å². The molecule has 3 nitrogen and oxygen atoms in total. The van der Waals surface area contributed by atoms with E-state index in [-0.39, 0.29) is 0 Å². The van der Waals surface area contributed by atoms with Crippen molar-refractivity contribution in [2.24, 2.45) is 5.16 Å². The molecule has 0 unspecified atom stereocenters. The van der Waals surface area contributed by atoms with Crippen LogP contribution < -0.4 is 0 Å². The van der Waals surface area contributed by atoms with Crippen LogP contribution in [0.1, 0.15) is 11.1 Å². The molecular weight excluding hydrogens is 221 g/mol. The summed E-state index contributed by atoms with van der Waals surface area (Å²) < 4.78 is 34.9. The van der Waals surface area contributed by atoms with E-state index in [0.29, 0.717) is 11.1 Å².